The molecule has 5 aromatic rings. The first kappa shape index (κ1) is 21.8. The normalized spacial score (nSPS) is 11.7. The molecule has 2 heterocycles. The lowest BCUT2D eigenvalue weighted by molar-refractivity contribution is 0.102. The van der Waals surface area contributed by atoms with Crippen LogP contribution in [0.15, 0.2) is 65.6 Å². The molecule has 0 atom stereocenters. The second-order valence-electron chi connectivity index (χ2n) is 7.11. The van der Waals surface area contributed by atoms with Crippen LogP contribution in [0.1, 0.15) is 15.4 Å². The number of amides is 1. The van der Waals surface area contributed by atoms with Crippen molar-refractivity contribution in [3.8, 4) is 0 Å². The van der Waals surface area contributed by atoms with Gasteiger partial charge in [-0.1, -0.05) is 29.0 Å². The van der Waals surface area contributed by atoms with Gasteiger partial charge in [0.25, 0.3) is 15.9 Å². The fraction of sp³-hybridized carbons (Fsp3) is 0.0455. The fourth-order valence-electron chi connectivity index (χ4n) is 3.26. The number of hydrogen-bond donors (Lipinski definition) is 2. The number of sulfonamides is 1. The Labute approximate surface area is 202 Å². The largest absolute Gasteiger partial charge is 0.298 e. The van der Waals surface area contributed by atoms with Crippen LogP contribution in [-0.2, 0) is 10.0 Å². The maximum Gasteiger partial charge on any atom is 0.261 e. The maximum atomic E-state index is 12.8. The number of carbonyl (C=O) groups is 1. The number of benzene rings is 3. The molecule has 0 saturated carbocycles. The number of aryl methyl sites for hydroxylation is 1. The second-order valence-corrected chi connectivity index (χ2v) is 11.4. The van der Waals surface area contributed by atoms with E-state index >= 15 is 0 Å². The molecule has 0 radical (unpaired) electrons. The Morgan fingerprint density at radius 1 is 0.939 bits per heavy atom. The summed E-state index contributed by atoms with van der Waals surface area (Å²) in [6.07, 6.45) is 0. The summed E-state index contributed by atoms with van der Waals surface area (Å²) < 4.78 is 29.8. The number of halogens is 1. The summed E-state index contributed by atoms with van der Waals surface area (Å²) in [4.78, 5) is 21.9. The minimum Gasteiger partial charge on any atom is -0.298 e. The highest BCUT2D eigenvalue weighted by Gasteiger charge is 2.17. The monoisotopic (exact) mass is 514 g/mol. The number of nitrogens with zero attached hydrogens (tertiary/aromatic N) is 2. The number of aromatic nitrogens is 2. The summed E-state index contributed by atoms with van der Waals surface area (Å²) in [6.45, 7) is 1.95. The quantitative estimate of drug-likeness (QED) is 0.303. The van der Waals surface area contributed by atoms with Crippen LogP contribution in [0.4, 0.5) is 10.8 Å². The first-order chi connectivity index (χ1) is 15.8. The van der Waals surface area contributed by atoms with Gasteiger partial charge in [-0.05, 0) is 61.5 Å². The van der Waals surface area contributed by atoms with E-state index in [2.05, 4.69) is 20.0 Å². The molecule has 0 unspecified atom stereocenters. The molecule has 3 aromatic carbocycles. The number of carbonyl (C=O) groups excluding carboxylic acids is 1. The van der Waals surface area contributed by atoms with Crippen molar-refractivity contribution in [3.05, 3.63) is 76.3 Å². The van der Waals surface area contributed by atoms with Gasteiger partial charge < -0.3 is 0 Å². The highest BCUT2D eigenvalue weighted by molar-refractivity contribution is 7.92. The summed E-state index contributed by atoms with van der Waals surface area (Å²) in [5, 5.41) is 4.67. The molecule has 0 fully saturated rings. The van der Waals surface area contributed by atoms with Crippen molar-refractivity contribution >= 4 is 81.5 Å². The predicted molar refractivity (Wildman–Crippen MR) is 134 cm³/mol. The second kappa shape index (κ2) is 8.38. The van der Waals surface area contributed by atoms with E-state index in [1.165, 1.54) is 41.7 Å². The molecule has 0 aliphatic rings. The van der Waals surface area contributed by atoms with E-state index < -0.39 is 15.9 Å². The zero-order chi connectivity index (χ0) is 23.2. The third-order valence-corrected chi connectivity index (χ3v) is 8.53. The summed E-state index contributed by atoms with van der Waals surface area (Å²) in [5.41, 5.74) is 2.26. The van der Waals surface area contributed by atoms with Gasteiger partial charge in [-0.15, -0.1) is 11.3 Å². The van der Waals surface area contributed by atoms with Gasteiger partial charge in [0.2, 0.25) is 0 Å². The van der Waals surface area contributed by atoms with E-state index in [1.54, 1.807) is 29.5 Å². The van der Waals surface area contributed by atoms with Crippen molar-refractivity contribution in [1.82, 2.24) is 9.97 Å². The molecule has 1 amide bonds. The Morgan fingerprint density at radius 3 is 2.39 bits per heavy atom. The number of fused-ring (bicyclic) bond motifs is 3. The molecule has 5 rings (SSSR count). The van der Waals surface area contributed by atoms with Gasteiger partial charge in [-0.3, -0.25) is 14.8 Å². The lowest BCUT2D eigenvalue weighted by Gasteiger charge is -2.09. The van der Waals surface area contributed by atoms with Gasteiger partial charge in [0.05, 0.1) is 30.3 Å². The minimum atomic E-state index is -3.82. The zero-order valence-corrected chi connectivity index (χ0v) is 20.2. The Morgan fingerprint density at radius 2 is 1.64 bits per heavy atom. The van der Waals surface area contributed by atoms with E-state index in [0.717, 1.165) is 25.4 Å². The molecule has 0 aliphatic heterocycles. The topological polar surface area (TPSA) is 101 Å². The highest BCUT2D eigenvalue weighted by atomic mass is 35.5. The molecule has 0 spiro atoms. The third-order valence-electron chi connectivity index (χ3n) is 4.74. The summed E-state index contributed by atoms with van der Waals surface area (Å²) in [5.74, 6) is -0.390. The van der Waals surface area contributed by atoms with Crippen LogP contribution >= 0.6 is 34.3 Å². The molecule has 11 heteroatoms. The Balaban J connectivity index is 1.38. The number of anilines is 2. The summed E-state index contributed by atoms with van der Waals surface area (Å²) in [6, 6.07) is 15.9. The Hall–Kier alpha value is -3.05. The molecule has 2 aromatic heterocycles. The molecular weight excluding hydrogens is 500 g/mol. The van der Waals surface area contributed by atoms with Crippen LogP contribution in [0.25, 0.3) is 20.4 Å². The van der Waals surface area contributed by atoms with Crippen molar-refractivity contribution in [2.45, 2.75) is 11.8 Å². The number of nitrogens with one attached hydrogen (secondary N) is 2. The van der Waals surface area contributed by atoms with Crippen LogP contribution < -0.4 is 10.0 Å². The SMILES string of the molecule is Cc1nc2ccc3nc(NC(=O)c4cccc(NS(=O)(=O)c5ccc(Cl)cc5)c4)sc3c2s1. The van der Waals surface area contributed by atoms with Crippen molar-refractivity contribution < 1.29 is 13.2 Å². The van der Waals surface area contributed by atoms with Crippen LogP contribution in [0, 0.1) is 6.92 Å². The van der Waals surface area contributed by atoms with Gasteiger partial charge in [-0.25, -0.2) is 18.4 Å². The summed E-state index contributed by atoms with van der Waals surface area (Å²) in [7, 11) is -3.82. The van der Waals surface area contributed by atoms with E-state index in [4.69, 9.17) is 11.6 Å². The first-order valence-corrected chi connectivity index (χ1v) is 13.1. The van der Waals surface area contributed by atoms with Gasteiger partial charge in [0.15, 0.2) is 5.13 Å². The van der Waals surface area contributed by atoms with Crippen LogP contribution in [-0.4, -0.2) is 24.3 Å². The van der Waals surface area contributed by atoms with Crippen molar-refractivity contribution in [1.29, 1.82) is 0 Å². The molecule has 166 valence electrons. The van der Waals surface area contributed by atoms with Crippen LogP contribution in [0.2, 0.25) is 5.02 Å². The fourth-order valence-corrected chi connectivity index (χ4v) is 6.44. The standard InChI is InChI=1S/C22H15ClN4O3S3/c1-12-24-17-9-10-18-20(19(17)31-12)32-22(25-18)26-21(28)13-3-2-4-15(11-13)27-33(29,30)16-7-5-14(23)6-8-16/h2-11,27H,1H3,(H,25,26,28). The number of thiazole rings is 2. The van der Waals surface area contributed by atoms with E-state index in [-0.39, 0.29) is 10.6 Å². The average Bonchev–Trinajstić information content (AvgIpc) is 3.36. The van der Waals surface area contributed by atoms with E-state index in [0.29, 0.717) is 15.7 Å². The molecule has 0 bridgehead atoms. The van der Waals surface area contributed by atoms with Crippen LogP contribution in [0.3, 0.4) is 0 Å². The lowest BCUT2D eigenvalue weighted by atomic mass is 10.2. The Kier molecular flexibility index (Phi) is 5.53. The number of rotatable bonds is 5. The van der Waals surface area contributed by atoms with Gasteiger partial charge >= 0.3 is 0 Å². The van der Waals surface area contributed by atoms with Gasteiger partial charge in [0, 0.05) is 16.3 Å². The van der Waals surface area contributed by atoms with E-state index in [1.807, 2.05) is 19.1 Å². The van der Waals surface area contributed by atoms with E-state index in [9.17, 15) is 13.2 Å². The van der Waals surface area contributed by atoms with Gasteiger partial charge in [-0.2, -0.15) is 0 Å². The predicted octanol–water partition coefficient (Wildman–Crippen LogP) is 5.92. The third kappa shape index (κ3) is 4.42. The Bertz CT molecular complexity index is 1630. The molecule has 33 heavy (non-hydrogen) atoms. The van der Waals surface area contributed by atoms with Gasteiger partial charge in [0.1, 0.15) is 0 Å². The lowest BCUT2D eigenvalue weighted by Crippen LogP contribution is -2.15. The number of hydrogen-bond acceptors (Lipinski definition) is 7. The minimum absolute atomic E-state index is 0.0702. The molecule has 7 nitrogen and oxygen atoms in total. The summed E-state index contributed by atoms with van der Waals surface area (Å²) >= 11 is 8.80. The molecule has 0 aliphatic carbocycles. The highest BCUT2D eigenvalue weighted by Crippen LogP contribution is 2.36. The zero-order valence-electron chi connectivity index (χ0n) is 17.0. The van der Waals surface area contributed by atoms with Crippen molar-refractivity contribution in [2.24, 2.45) is 0 Å². The molecule has 0 saturated heterocycles. The molecule has 2 N–H and O–H groups in total. The molecular formula is C22H15ClN4O3S3. The van der Waals surface area contributed by atoms with Crippen molar-refractivity contribution in [3.63, 3.8) is 0 Å². The average molecular weight is 515 g/mol. The smallest absolute Gasteiger partial charge is 0.261 e. The van der Waals surface area contributed by atoms with Crippen LogP contribution in [0.5, 0.6) is 0 Å². The van der Waals surface area contributed by atoms with Crippen molar-refractivity contribution in [2.75, 3.05) is 10.0 Å². The first-order valence-electron chi connectivity index (χ1n) is 9.65. The maximum absolute atomic E-state index is 12.8.